The molecule has 0 aliphatic carbocycles. The Hall–Kier alpha value is -3.15. The highest BCUT2D eigenvalue weighted by Crippen LogP contribution is 2.15. The molecule has 3 N–H and O–H groups in total. The summed E-state index contributed by atoms with van der Waals surface area (Å²) in [5.74, 6) is -3.26. The SMILES string of the molecule is Nc1ccccc1C(=O)OC(=O)c1ccccc1C(=O)O. The molecule has 0 atom stereocenters. The van der Waals surface area contributed by atoms with Crippen LogP contribution in [0.2, 0.25) is 0 Å². The number of nitrogens with two attached hydrogens (primary N) is 1. The molecule has 2 aromatic carbocycles. The van der Waals surface area contributed by atoms with E-state index in [1.165, 1.54) is 36.4 Å². The molecule has 0 spiro atoms. The molecular weight excluding hydrogens is 274 g/mol. The lowest BCUT2D eigenvalue weighted by molar-refractivity contribution is 0.0393. The molecule has 0 fully saturated rings. The zero-order chi connectivity index (χ0) is 15.4. The Morgan fingerprint density at radius 1 is 0.810 bits per heavy atom. The van der Waals surface area contributed by atoms with Gasteiger partial charge in [-0.2, -0.15) is 0 Å². The van der Waals surface area contributed by atoms with Crippen molar-refractivity contribution in [2.45, 2.75) is 0 Å². The lowest BCUT2D eigenvalue weighted by Crippen LogP contribution is -2.17. The van der Waals surface area contributed by atoms with Gasteiger partial charge in [0.05, 0.1) is 16.7 Å². The maximum atomic E-state index is 11.9. The van der Waals surface area contributed by atoms with Gasteiger partial charge in [-0.05, 0) is 24.3 Å². The van der Waals surface area contributed by atoms with E-state index in [0.717, 1.165) is 0 Å². The summed E-state index contributed by atoms with van der Waals surface area (Å²) in [5, 5.41) is 9.00. The summed E-state index contributed by atoms with van der Waals surface area (Å²) in [4.78, 5) is 34.8. The van der Waals surface area contributed by atoms with Crippen molar-refractivity contribution in [1.29, 1.82) is 0 Å². The largest absolute Gasteiger partial charge is 0.478 e. The number of aromatic carboxylic acids is 1. The second kappa shape index (κ2) is 5.87. The summed E-state index contributed by atoms with van der Waals surface area (Å²) in [6.07, 6.45) is 0. The average molecular weight is 285 g/mol. The van der Waals surface area contributed by atoms with E-state index in [1.54, 1.807) is 12.1 Å². The summed E-state index contributed by atoms with van der Waals surface area (Å²) >= 11 is 0. The van der Waals surface area contributed by atoms with Crippen LogP contribution >= 0.6 is 0 Å². The molecule has 0 aliphatic rings. The van der Waals surface area contributed by atoms with Gasteiger partial charge in [0, 0.05) is 5.69 Å². The van der Waals surface area contributed by atoms with Gasteiger partial charge in [0.25, 0.3) is 0 Å². The molecule has 0 unspecified atom stereocenters. The molecule has 0 radical (unpaired) electrons. The van der Waals surface area contributed by atoms with Crippen molar-refractivity contribution in [3.05, 3.63) is 65.2 Å². The summed E-state index contributed by atoms with van der Waals surface area (Å²) in [6.45, 7) is 0. The van der Waals surface area contributed by atoms with Gasteiger partial charge in [0.2, 0.25) is 0 Å². The van der Waals surface area contributed by atoms with Crippen LogP contribution in [-0.4, -0.2) is 23.0 Å². The van der Waals surface area contributed by atoms with Gasteiger partial charge >= 0.3 is 17.9 Å². The van der Waals surface area contributed by atoms with E-state index in [-0.39, 0.29) is 22.4 Å². The highest BCUT2D eigenvalue weighted by atomic mass is 16.6. The Morgan fingerprint density at radius 2 is 1.29 bits per heavy atom. The van der Waals surface area contributed by atoms with Gasteiger partial charge in [-0.1, -0.05) is 24.3 Å². The highest BCUT2D eigenvalue weighted by Gasteiger charge is 2.21. The predicted octanol–water partition coefficient (Wildman–Crippen LogP) is 1.96. The van der Waals surface area contributed by atoms with Crippen molar-refractivity contribution in [2.24, 2.45) is 0 Å². The Labute approximate surface area is 119 Å². The van der Waals surface area contributed by atoms with E-state index in [9.17, 15) is 14.4 Å². The van der Waals surface area contributed by atoms with Crippen molar-refractivity contribution in [3.63, 3.8) is 0 Å². The van der Waals surface area contributed by atoms with E-state index < -0.39 is 17.9 Å². The number of benzene rings is 2. The fourth-order valence-electron chi connectivity index (χ4n) is 1.72. The molecule has 2 rings (SSSR count). The van der Waals surface area contributed by atoms with E-state index in [4.69, 9.17) is 10.8 Å². The first-order valence-electron chi connectivity index (χ1n) is 5.94. The van der Waals surface area contributed by atoms with Crippen LogP contribution in [0.25, 0.3) is 0 Å². The Morgan fingerprint density at radius 3 is 1.86 bits per heavy atom. The van der Waals surface area contributed by atoms with E-state index >= 15 is 0 Å². The first kappa shape index (κ1) is 14.3. The zero-order valence-corrected chi connectivity index (χ0v) is 10.8. The number of anilines is 1. The van der Waals surface area contributed by atoms with Crippen LogP contribution in [-0.2, 0) is 4.74 Å². The molecule has 0 aromatic heterocycles. The van der Waals surface area contributed by atoms with Crippen molar-refractivity contribution < 1.29 is 24.2 Å². The van der Waals surface area contributed by atoms with Crippen LogP contribution in [0.3, 0.4) is 0 Å². The van der Waals surface area contributed by atoms with E-state index in [1.807, 2.05) is 0 Å². The smallest absolute Gasteiger partial charge is 0.348 e. The van der Waals surface area contributed by atoms with Crippen LogP contribution in [0.15, 0.2) is 48.5 Å². The molecule has 6 nitrogen and oxygen atoms in total. The molecule has 2 aromatic rings. The number of carbonyl (C=O) groups is 3. The van der Waals surface area contributed by atoms with Gasteiger partial charge in [0.1, 0.15) is 0 Å². The second-order valence-electron chi connectivity index (χ2n) is 4.11. The summed E-state index contributed by atoms with van der Waals surface area (Å²) in [5.41, 5.74) is 5.38. The maximum absolute atomic E-state index is 11.9. The third-order valence-electron chi connectivity index (χ3n) is 2.74. The topological polar surface area (TPSA) is 107 Å². The van der Waals surface area contributed by atoms with Crippen molar-refractivity contribution >= 4 is 23.6 Å². The molecule has 0 saturated carbocycles. The Kier molecular flexibility index (Phi) is 3.99. The van der Waals surface area contributed by atoms with Gasteiger partial charge in [-0.15, -0.1) is 0 Å². The molecule has 21 heavy (non-hydrogen) atoms. The molecule has 6 heteroatoms. The zero-order valence-electron chi connectivity index (χ0n) is 10.8. The molecule has 0 aliphatic heterocycles. The minimum Gasteiger partial charge on any atom is -0.478 e. The molecule has 0 heterocycles. The maximum Gasteiger partial charge on any atom is 0.348 e. The highest BCUT2D eigenvalue weighted by molar-refractivity contribution is 6.08. The number of nitrogen functional groups attached to an aromatic ring is 1. The number of carboxylic acid groups (broad SMARTS) is 1. The normalized spacial score (nSPS) is 9.90. The fraction of sp³-hybridized carbons (Fsp3) is 0. The number of para-hydroxylation sites is 1. The van der Waals surface area contributed by atoms with E-state index in [0.29, 0.717) is 0 Å². The van der Waals surface area contributed by atoms with Crippen molar-refractivity contribution in [2.75, 3.05) is 5.73 Å². The number of carboxylic acids is 1. The molecular formula is C15H11NO5. The van der Waals surface area contributed by atoms with E-state index in [2.05, 4.69) is 4.74 Å². The second-order valence-corrected chi connectivity index (χ2v) is 4.11. The van der Waals surface area contributed by atoms with Crippen molar-refractivity contribution in [3.8, 4) is 0 Å². The first-order valence-corrected chi connectivity index (χ1v) is 5.94. The van der Waals surface area contributed by atoms with Gasteiger partial charge in [0.15, 0.2) is 0 Å². The average Bonchev–Trinajstić information content (AvgIpc) is 2.47. The number of hydrogen-bond donors (Lipinski definition) is 2. The van der Waals surface area contributed by atoms with Crippen LogP contribution in [0, 0.1) is 0 Å². The summed E-state index contributed by atoms with van der Waals surface area (Å²) < 4.78 is 4.67. The number of ether oxygens (including phenoxy) is 1. The van der Waals surface area contributed by atoms with Crippen LogP contribution in [0.1, 0.15) is 31.1 Å². The van der Waals surface area contributed by atoms with Gasteiger partial charge in [-0.3, -0.25) is 0 Å². The standard InChI is InChI=1S/C15H11NO5/c16-12-8-4-3-7-11(12)15(20)21-14(19)10-6-2-1-5-9(10)13(17)18/h1-8H,16H2,(H,17,18). The van der Waals surface area contributed by atoms with Gasteiger partial charge < -0.3 is 15.6 Å². The minimum absolute atomic E-state index is 0.0404. The number of rotatable bonds is 3. The molecule has 0 saturated heterocycles. The van der Waals surface area contributed by atoms with Crippen LogP contribution in [0.5, 0.6) is 0 Å². The minimum atomic E-state index is -1.28. The first-order chi connectivity index (χ1) is 10.0. The fourth-order valence-corrected chi connectivity index (χ4v) is 1.72. The van der Waals surface area contributed by atoms with Crippen LogP contribution < -0.4 is 5.73 Å². The predicted molar refractivity (Wildman–Crippen MR) is 74.0 cm³/mol. The third kappa shape index (κ3) is 3.06. The Bertz CT molecular complexity index is 724. The lowest BCUT2D eigenvalue weighted by Gasteiger charge is -2.07. The molecule has 0 amide bonds. The number of esters is 2. The molecule has 0 bridgehead atoms. The van der Waals surface area contributed by atoms with Crippen LogP contribution in [0.4, 0.5) is 5.69 Å². The summed E-state index contributed by atoms with van der Waals surface area (Å²) in [6, 6.07) is 11.6. The quantitative estimate of drug-likeness (QED) is 0.507. The van der Waals surface area contributed by atoms with Gasteiger partial charge in [-0.25, -0.2) is 14.4 Å². The number of carbonyl (C=O) groups excluding carboxylic acids is 2. The summed E-state index contributed by atoms with van der Waals surface area (Å²) in [7, 11) is 0. The Balaban J connectivity index is 2.25. The monoisotopic (exact) mass is 285 g/mol. The lowest BCUT2D eigenvalue weighted by atomic mass is 10.1. The van der Waals surface area contributed by atoms with Crippen molar-refractivity contribution in [1.82, 2.24) is 0 Å². The third-order valence-corrected chi connectivity index (χ3v) is 2.74. The number of hydrogen-bond acceptors (Lipinski definition) is 5. The molecule has 106 valence electrons.